The lowest BCUT2D eigenvalue weighted by Gasteiger charge is -2.33. The monoisotopic (exact) mass is 378 g/mol. The summed E-state index contributed by atoms with van der Waals surface area (Å²) in [7, 11) is 0. The summed E-state index contributed by atoms with van der Waals surface area (Å²) in [5.74, 6) is 0.722. The van der Waals surface area contributed by atoms with Crippen molar-refractivity contribution in [1.29, 1.82) is 0 Å². The number of hydrogen-bond acceptors (Lipinski definition) is 4. The molecule has 0 fully saturated rings. The van der Waals surface area contributed by atoms with Crippen LogP contribution in [0.15, 0.2) is 53.9 Å². The molecule has 4 nitrogen and oxygen atoms in total. The van der Waals surface area contributed by atoms with Crippen LogP contribution >= 0.6 is 11.3 Å². The van der Waals surface area contributed by atoms with Crippen LogP contribution in [-0.2, 0) is 17.8 Å². The van der Waals surface area contributed by atoms with Gasteiger partial charge in [0.25, 0.3) is 5.91 Å². The number of hydrogen-bond donors (Lipinski definition) is 0. The van der Waals surface area contributed by atoms with Crippen LogP contribution in [0.2, 0.25) is 0 Å². The first-order valence-corrected chi connectivity index (χ1v) is 10.1. The van der Waals surface area contributed by atoms with E-state index in [1.165, 1.54) is 0 Å². The molecule has 0 spiro atoms. The number of benzene rings is 2. The van der Waals surface area contributed by atoms with E-state index in [-0.39, 0.29) is 5.91 Å². The highest BCUT2D eigenvalue weighted by Crippen LogP contribution is 2.38. The number of aromatic nitrogens is 1. The normalized spacial score (nSPS) is 16.1. The third-order valence-electron chi connectivity index (χ3n) is 4.66. The second kappa shape index (κ2) is 7.53. The smallest absolute Gasteiger partial charge is 0.268 e. The molecule has 0 saturated heterocycles. The van der Waals surface area contributed by atoms with Crippen molar-refractivity contribution >= 4 is 22.9 Å². The van der Waals surface area contributed by atoms with Crippen LogP contribution in [0.4, 0.5) is 5.69 Å². The van der Waals surface area contributed by atoms with Gasteiger partial charge in [-0.1, -0.05) is 37.3 Å². The Morgan fingerprint density at radius 1 is 1.19 bits per heavy atom. The van der Waals surface area contributed by atoms with Crippen LogP contribution < -0.4 is 9.64 Å². The van der Waals surface area contributed by atoms with Gasteiger partial charge in [0.2, 0.25) is 0 Å². The van der Waals surface area contributed by atoms with Gasteiger partial charge < -0.3 is 9.64 Å². The van der Waals surface area contributed by atoms with Gasteiger partial charge in [0.1, 0.15) is 5.75 Å². The van der Waals surface area contributed by atoms with Gasteiger partial charge in [-0.05, 0) is 43.5 Å². The number of fused-ring (bicyclic) bond motifs is 1. The largest absolute Gasteiger partial charge is 0.479 e. The second-order valence-electron chi connectivity index (χ2n) is 6.73. The Bertz CT molecular complexity index is 952. The molecule has 1 unspecified atom stereocenters. The molecule has 0 bridgehead atoms. The van der Waals surface area contributed by atoms with Crippen LogP contribution in [-0.4, -0.2) is 17.0 Å². The van der Waals surface area contributed by atoms with Crippen molar-refractivity contribution in [2.75, 3.05) is 4.90 Å². The number of carbonyl (C=O) groups excluding carboxylic acids is 1. The molecule has 27 heavy (non-hydrogen) atoms. The Morgan fingerprint density at radius 2 is 2.00 bits per heavy atom. The fourth-order valence-corrected chi connectivity index (χ4v) is 4.18. The fourth-order valence-electron chi connectivity index (χ4n) is 3.27. The maximum atomic E-state index is 12.8. The lowest BCUT2D eigenvalue weighted by molar-refractivity contribution is -0.125. The fraction of sp³-hybridized carbons (Fsp3) is 0.273. The summed E-state index contributed by atoms with van der Waals surface area (Å²) in [6.45, 7) is 4.49. The Labute approximate surface area is 163 Å². The van der Waals surface area contributed by atoms with E-state index in [2.05, 4.69) is 12.3 Å². The standard InChI is InChI=1S/C22H22N2O2S/c1-3-7-21-23-18(14-27-21)17-10-11-20-19(12-17)24(22(25)15(2)26-20)13-16-8-5-4-6-9-16/h4-6,8-12,14-15H,3,7,13H2,1-2H3. The third kappa shape index (κ3) is 3.60. The predicted octanol–water partition coefficient (Wildman–Crippen LogP) is 5.08. The first-order chi connectivity index (χ1) is 13.2. The number of nitrogens with zero attached hydrogens (tertiary/aromatic N) is 2. The molecule has 5 heteroatoms. The zero-order chi connectivity index (χ0) is 18.8. The molecule has 1 atom stereocenters. The van der Waals surface area contributed by atoms with Crippen molar-refractivity contribution < 1.29 is 9.53 Å². The highest BCUT2D eigenvalue weighted by atomic mass is 32.1. The summed E-state index contributed by atoms with van der Waals surface area (Å²) in [6.07, 6.45) is 1.60. The van der Waals surface area contributed by atoms with Crippen LogP contribution in [0.25, 0.3) is 11.3 Å². The minimum atomic E-state index is -0.484. The summed E-state index contributed by atoms with van der Waals surface area (Å²) < 4.78 is 5.84. The SMILES string of the molecule is CCCc1nc(-c2ccc3c(c2)N(Cc2ccccc2)C(=O)C(C)O3)cs1. The number of ether oxygens (including phenoxy) is 1. The van der Waals surface area contributed by atoms with E-state index in [0.717, 1.165) is 46.1 Å². The summed E-state index contributed by atoms with van der Waals surface area (Å²) in [5.41, 5.74) is 3.87. The van der Waals surface area contributed by atoms with Crippen molar-refractivity contribution in [3.63, 3.8) is 0 Å². The van der Waals surface area contributed by atoms with E-state index in [1.54, 1.807) is 18.3 Å². The van der Waals surface area contributed by atoms with Crippen molar-refractivity contribution in [2.24, 2.45) is 0 Å². The molecule has 4 rings (SSSR count). The van der Waals surface area contributed by atoms with Crippen LogP contribution in [0.3, 0.4) is 0 Å². The molecule has 1 aliphatic rings. The average molecular weight is 378 g/mol. The van der Waals surface area contributed by atoms with Gasteiger partial charge in [-0.25, -0.2) is 4.98 Å². The number of anilines is 1. The van der Waals surface area contributed by atoms with Gasteiger partial charge in [0.05, 0.1) is 22.9 Å². The second-order valence-corrected chi connectivity index (χ2v) is 7.67. The first kappa shape index (κ1) is 17.7. The summed E-state index contributed by atoms with van der Waals surface area (Å²) >= 11 is 1.69. The molecule has 0 radical (unpaired) electrons. The van der Waals surface area contributed by atoms with E-state index >= 15 is 0 Å². The van der Waals surface area contributed by atoms with E-state index in [0.29, 0.717) is 6.54 Å². The van der Waals surface area contributed by atoms with Crippen molar-refractivity contribution in [2.45, 2.75) is 39.3 Å². The molecule has 1 aromatic heterocycles. The minimum absolute atomic E-state index is 0.0200. The van der Waals surface area contributed by atoms with E-state index < -0.39 is 6.10 Å². The maximum absolute atomic E-state index is 12.8. The van der Waals surface area contributed by atoms with Crippen LogP contribution in [0.1, 0.15) is 30.8 Å². The van der Waals surface area contributed by atoms with E-state index in [1.807, 2.05) is 53.4 Å². The predicted molar refractivity (Wildman–Crippen MR) is 109 cm³/mol. The average Bonchev–Trinajstić information content (AvgIpc) is 3.15. The van der Waals surface area contributed by atoms with Crippen LogP contribution in [0.5, 0.6) is 5.75 Å². The highest BCUT2D eigenvalue weighted by Gasteiger charge is 2.31. The highest BCUT2D eigenvalue weighted by molar-refractivity contribution is 7.09. The zero-order valence-corrected chi connectivity index (χ0v) is 16.3. The zero-order valence-electron chi connectivity index (χ0n) is 15.5. The third-order valence-corrected chi connectivity index (χ3v) is 5.57. The Balaban J connectivity index is 1.71. The Morgan fingerprint density at radius 3 is 2.78 bits per heavy atom. The molecule has 3 aromatic rings. The molecule has 1 amide bonds. The molecule has 2 aromatic carbocycles. The quantitative estimate of drug-likeness (QED) is 0.622. The summed E-state index contributed by atoms with van der Waals surface area (Å²) in [6, 6.07) is 16.0. The molecular weight excluding hydrogens is 356 g/mol. The molecule has 0 N–H and O–H groups in total. The van der Waals surface area contributed by atoms with Crippen molar-refractivity contribution in [1.82, 2.24) is 4.98 Å². The van der Waals surface area contributed by atoms with Crippen molar-refractivity contribution in [3.05, 3.63) is 64.5 Å². The Kier molecular flexibility index (Phi) is 4.94. The first-order valence-electron chi connectivity index (χ1n) is 9.26. The van der Waals surface area contributed by atoms with Gasteiger partial charge in [0.15, 0.2) is 6.10 Å². The number of thiazole rings is 1. The van der Waals surface area contributed by atoms with E-state index in [9.17, 15) is 4.79 Å². The Hall–Kier alpha value is -2.66. The lowest BCUT2D eigenvalue weighted by atomic mass is 10.1. The summed E-state index contributed by atoms with van der Waals surface area (Å²) in [5, 5.41) is 3.23. The van der Waals surface area contributed by atoms with E-state index in [4.69, 9.17) is 9.72 Å². The van der Waals surface area contributed by atoms with Crippen LogP contribution in [0, 0.1) is 0 Å². The molecule has 138 valence electrons. The number of amides is 1. The van der Waals surface area contributed by atoms with Gasteiger partial charge in [-0.2, -0.15) is 0 Å². The summed E-state index contributed by atoms with van der Waals surface area (Å²) in [4.78, 5) is 19.4. The van der Waals surface area contributed by atoms with Gasteiger partial charge in [0, 0.05) is 10.9 Å². The molecule has 0 saturated carbocycles. The van der Waals surface area contributed by atoms with Crippen molar-refractivity contribution in [3.8, 4) is 17.0 Å². The topological polar surface area (TPSA) is 42.4 Å². The minimum Gasteiger partial charge on any atom is -0.479 e. The molecule has 1 aliphatic heterocycles. The number of carbonyl (C=O) groups is 1. The molecule has 2 heterocycles. The lowest BCUT2D eigenvalue weighted by Crippen LogP contribution is -2.44. The number of aryl methyl sites for hydroxylation is 1. The number of rotatable bonds is 5. The van der Waals surface area contributed by atoms with Gasteiger partial charge in [-0.15, -0.1) is 11.3 Å². The maximum Gasteiger partial charge on any atom is 0.268 e. The van der Waals surface area contributed by atoms with Gasteiger partial charge in [-0.3, -0.25) is 4.79 Å². The van der Waals surface area contributed by atoms with Gasteiger partial charge >= 0.3 is 0 Å². The molecule has 0 aliphatic carbocycles. The molecular formula is C22H22N2O2S.